The Morgan fingerprint density at radius 2 is 2.04 bits per heavy atom. The van der Waals surface area contributed by atoms with Gasteiger partial charge in [-0.2, -0.15) is 5.10 Å². The van der Waals surface area contributed by atoms with Crippen LogP contribution in [-0.2, 0) is 0 Å². The number of aromatic amines is 1. The van der Waals surface area contributed by atoms with E-state index in [0.717, 1.165) is 11.3 Å². The van der Waals surface area contributed by atoms with E-state index in [-0.39, 0.29) is 5.91 Å². The van der Waals surface area contributed by atoms with Crippen molar-refractivity contribution in [3.63, 3.8) is 0 Å². The molecule has 134 valence electrons. The van der Waals surface area contributed by atoms with E-state index in [9.17, 15) is 9.59 Å². The van der Waals surface area contributed by atoms with Gasteiger partial charge in [-0.15, -0.1) is 11.3 Å². The van der Waals surface area contributed by atoms with Crippen molar-refractivity contribution in [1.82, 2.24) is 19.7 Å². The molecule has 0 aliphatic carbocycles. The van der Waals surface area contributed by atoms with Crippen LogP contribution >= 0.6 is 11.3 Å². The first-order valence-electron chi connectivity index (χ1n) is 7.96. The first-order chi connectivity index (χ1) is 13.1. The van der Waals surface area contributed by atoms with Crippen molar-refractivity contribution in [2.45, 2.75) is 0 Å². The summed E-state index contributed by atoms with van der Waals surface area (Å²) in [5, 5.41) is 9.21. The van der Waals surface area contributed by atoms with Gasteiger partial charge in [0.25, 0.3) is 11.8 Å². The van der Waals surface area contributed by atoms with Crippen LogP contribution in [0.3, 0.4) is 0 Å². The van der Waals surface area contributed by atoms with Crippen molar-refractivity contribution in [1.29, 1.82) is 0 Å². The molecule has 0 fully saturated rings. The molecule has 27 heavy (non-hydrogen) atoms. The van der Waals surface area contributed by atoms with Gasteiger partial charge in [-0.05, 0) is 18.2 Å². The number of carbonyl (C=O) groups excluding carboxylic acids is 2. The summed E-state index contributed by atoms with van der Waals surface area (Å²) in [5.74, 6) is -0.842. The van der Waals surface area contributed by atoms with E-state index in [0.29, 0.717) is 22.1 Å². The number of rotatable bonds is 5. The van der Waals surface area contributed by atoms with Gasteiger partial charge < -0.3 is 10.7 Å². The highest BCUT2D eigenvalue weighted by Crippen LogP contribution is 2.25. The molecular weight excluding hydrogens is 364 g/mol. The lowest BCUT2D eigenvalue weighted by Crippen LogP contribution is -2.11. The molecule has 0 radical (unpaired) electrons. The average Bonchev–Trinajstić information content (AvgIpc) is 3.42. The van der Waals surface area contributed by atoms with Gasteiger partial charge in [-0.3, -0.25) is 14.9 Å². The molecule has 2 amide bonds. The number of hydrogen-bond donors (Lipinski definition) is 3. The molecule has 0 atom stereocenters. The normalized spacial score (nSPS) is 10.7. The number of nitrogens with one attached hydrogen (secondary N) is 2. The van der Waals surface area contributed by atoms with Crippen molar-refractivity contribution < 1.29 is 9.59 Å². The molecule has 3 heterocycles. The highest BCUT2D eigenvalue weighted by atomic mass is 32.1. The summed E-state index contributed by atoms with van der Waals surface area (Å²) >= 11 is 1.29. The van der Waals surface area contributed by atoms with Crippen LogP contribution in [0.25, 0.3) is 16.9 Å². The van der Waals surface area contributed by atoms with Crippen LogP contribution in [-0.4, -0.2) is 31.6 Å². The Hall–Kier alpha value is -3.72. The molecule has 0 bridgehead atoms. The second kappa shape index (κ2) is 6.89. The van der Waals surface area contributed by atoms with Crippen LogP contribution in [0.15, 0.2) is 60.4 Å². The SMILES string of the molecule is NC(=O)c1cc(-c2csc(NC(=O)c3cnn(-c4ccccc4)c3)n2)c[nH]1. The predicted molar refractivity (Wildman–Crippen MR) is 102 cm³/mol. The number of anilines is 1. The number of aromatic nitrogens is 4. The third-order valence-electron chi connectivity index (χ3n) is 3.83. The standard InChI is InChI=1S/C18H14N6O2S/c19-16(25)14-6-11(7-20-14)15-10-27-18(22-15)23-17(26)12-8-21-24(9-12)13-4-2-1-3-5-13/h1-10,20H,(H2,19,25)(H,22,23,26). The third kappa shape index (κ3) is 3.48. The van der Waals surface area contributed by atoms with Crippen LogP contribution in [0.1, 0.15) is 20.8 Å². The zero-order valence-corrected chi connectivity index (χ0v) is 14.7. The molecule has 0 saturated carbocycles. The van der Waals surface area contributed by atoms with E-state index >= 15 is 0 Å². The van der Waals surface area contributed by atoms with Crippen molar-refractivity contribution in [3.05, 3.63) is 71.6 Å². The second-order valence-electron chi connectivity index (χ2n) is 5.67. The fourth-order valence-corrected chi connectivity index (χ4v) is 3.19. The Bertz CT molecular complexity index is 1110. The number of para-hydroxylation sites is 1. The Morgan fingerprint density at radius 3 is 2.78 bits per heavy atom. The molecule has 4 aromatic rings. The summed E-state index contributed by atoms with van der Waals surface area (Å²) in [7, 11) is 0. The van der Waals surface area contributed by atoms with Gasteiger partial charge in [0.2, 0.25) is 0 Å². The molecule has 0 aliphatic rings. The number of hydrogen-bond acceptors (Lipinski definition) is 5. The lowest BCUT2D eigenvalue weighted by atomic mass is 10.2. The first-order valence-corrected chi connectivity index (χ1v) is 8.84. The van der Waals surface area contributed by atoms with Crippen molar-refractivity contribution in [2.75, 3.05) is 5.32 Å². The van der Waals surface area contributed by atoms with Gasteiger partial charge in [0, 0.05) is 23.3 Å². The van der Waals surface area contributed by atoms with Gasteiger partial charge in [0.05, 0.1) is 23.1 Å². The number of amides is 2. The summed E-state index contributed by atoms with van der Waals surface area (Å²) < 4.78 is 1.63. The van der Waals surface area contributed by atoms with Gasteiger partial charge in [-0.25, -0.2) is 9.67 Å². The van der Waals surface area contributed by atoms with Crippen molar-refractivity contribution in [2.24, 2.45) is 5.73 Å². The fourth-order valence-electron chi connectivity index (χ4n) is 2.48. The van der Waals surface area contributed by atoms with E-state index in [1.165, 1.54) is 17.5 Å². The Balaban J connectivity index is 1.48. The minimum atomic E-state index is -0.541. The largest absolute Gasteiger partial charge is 0.364 e. The van der Waals surface area contributed by atoms with Crippen LogP contribution < -0.4 is 11.1 Å². The van der Waals surface area contributed by atoms with Crippen LogP contribution in [0, 0.1) is 0 Å². The monoisotopic (exact) mass is 378 g/mol. The number of nitrogens with zero attached hydrogens (tertiary/aromatic N) is 3. The van der Waals surface area contributed by atoms with Crippen LogP contribution in [0.2, 0.25) is 0 Å². The molecule has 0 aliphatic heterocycles. The van der Waals surface area contributed by atoms with E-state index < -0.39 is 5.91 Å². The van der Waals surface area contributed by atoms with E-state index in [1.807, 2.05) is 30.3 Å². The third-order valence-corrected chi connectivity index (χ3v) is 4.59. The van der Waals surface area contributed by atoms with E-state index in [1.54, 1.807) is 28.5 Å². The highest BCUT2D eigenvalue weighted by molar-refractivity contribution is 7.14. The zero-order chi connectivity index (χ0) is 18.8. The van der Waals surface area contributed by atoms with Gasteiger partial charge in [-0.1, -0.05) is 18.2 Å². The maximum Gasteiger partial charge on any atom is 0.265 e. The number of primary amides is 1. The number of carbonyl (C=O) groups is 2. The van der Waals surface area contributed by atoms with Crippen LogP contribution in [0.5, 0.6) is 0 Å². The summed E-state index contributed by atoms with van der Waals surface area (Å²) in [4.78, 5) is 30.8. The minimum Gasteiger partial charge on any atom is -0.364 e. The molecule has 3 aromatic heterocycles. The van der Waals surface area contributed by atoms with Crippen LogP contribution in [0.4, 0.5) is 5.13 Å². The lowest BCUT2D eigenvalue weighted by Gasteiger charge is -2.00. The first kappa shape index (κ1) is 16.7. The summed E-state index contributed by atoms with van der Waals surface area (Å²) in [6, 6.07) is 11.1. The lowest BCUT2D eigenvalue weighted by molar-refractivity contribution is 0.0994. The molecule has 4 rings (SSSR count). The molecule has 1 aromatic carbocycles. The van der Waals surface area contributed by atoms with E-state index in [4.69, 9.17) is 5.73 Å². The topological polar surface area (TPSA) is 119 Å². The minimum absolute atomic E-state index is 0.301. The number of thiazole rings is 1. The van der Waals surface area contributed by atoms with Gasteiger partial charge in [0.1, 0.15) is 5.69 Å². The Morgan fingerprint density at radius 1 is 1.22 bits per heavy atom. The highest BCUT2D eigenvalue weighted by Gasteiger charge is 2.14. The number of H-pyrrole nitrogens is 1. The Labute approximate surface area is 157 Å². The summed E-state index contributed by atoms with van der Waals surface area (Å²) in [6.07, 6.45) is 4.80. The zero-order valence-electron chi connectivity index (χ0n) is 13.9. The van der Waals surface area contributed by atoms with Crippen molar-refractivity contribution >= 4 is 28.3 Å². The molecule has 9 heteroatoms. The molecule has 0 unspecified atom stereocenters. The molecule has 8 nitrogen and oxygen atoms in total. The number of benzene rings is 1. The fraction of sp³-hybridized carbons (Fsp3) is 0. The molecule has 0 saturated heterocycles. The second-order valence-corrected chi connectivity index (χ2v) is 6.53. The smallest absolute Gasteiger partial charge is 0.265 e. The van der Waals surface area contributed by atoms with E-state index in [2.05, 4.69) is 20.4 Å². The maximum absolute atomic E-state index is 12.4. The predicted octanol–water partition coefficient (Wildman–Crippen LogP) is 2.68. The molecule has 0 spiro atoms. The average molecular weight is 378 g/mol. The number of nitrogens with two attached hydrogens (primary N) is 1. The van der Waals surface area contributed by atoms with Gasteiger partial charge >= 0.3 is 0 Å². The summed E-state index contributed by atoms with van der Waals surface area (Å²) in [5.41, 5.74) is 8.18. The van der Waals surface area contributed by atoms with Crippen molar-refractivity contribution in [3.8, 4) is 16.9 Å². The Kier molecular flexibility index (Phi) is 4.27. The molecule has 4 N–H and O–H groups in total. The quantitative estimate of drug-likeness (QED) is 0.495. The molecular formula is C18H14N6O2S. The maximum atomic E-state index is 12.4. The summed E-state index contributed by atoms with van der Waals surface area (Å²) in [6.45, 7) is 0. The van der Waals surface area contributed by atoms with Gasteiger partial charge in [0.15, 0.2) is 5.13 Å².